The Kier molecular flexibility index (Phi) is 4.28. The predicted molar refractivity (Wildman–Crippen MR) is 104 cm³/mol. The van der Waals surface area contributed by atoms with Crippen LogP contribution < -0.4 is 9.64 Å². The van der Waals surface area contributed by atoms with E-state index < -0.39 is 4.46 Å². The molecule has 0 aromatic heterocycles. The van der Waals surface area contributed by atoms with Gasteiger partial charge in [-0.25, -0.2) is 0 Å². The van der Waals surface area contributed by atoms with Crippen molar-refractivity contribution in [3.8, 4) is 11.5 Å². The second kappa shape index (κ2) is 6.45. The molecule has 3 aromatic rings. The van der Waals surface area contributed by atoms with E-state index in [-0.39, 0.29) is 6.04 Å². The summed E-state index contributed by atoms with van der Waals surface area (Å²) in [6.07, 6.45) is 0. The third-order valence-electron chi connectivity index (χ3n) is 4.12. The van der Waals surface area contributed by atoms with Gasteiger partial charge in [-0.05, 0) is 42.0 Å². The summed E-state index contributed by atoms with van der Waals surface area (Å²) in [4.78, 5) is 1.93. The first kappa shape index (κ1) is 16.6. The van der Waals surface area contributed by atoms with Crippen molar-refractivity contribution in [2.45, 2.75) is 10.5 Å². The van der Waals surface area contributed by atoms with Gasteiger partial charge in [-0.3, -0.25) is 0 Å². The monoisotopic (exact) mass is 389 g/mol. The molecule has 1 fully saturated rings. The summed E-state index contributed by atoms with van der Waals surface area (Å²) >= 11 is 19.1. The van der Waals surface area contributed by atoms with Gasteiger partial charge in [-0.1, -0.05) is 77.3 Å². The predicted octanol–water partition coefficient (Wildman–Crippen LogP) is 6.83. The van der Waals surface area contributed by atoms with Crippen molar-refractivity contribution in [3.63, 3.8) is 0 Å². The van der Waals surface area contributed by atoms with Crippen molar-refractivity contribution in [2.75, 3.05) is 4.90 Å². The first-order valence-electron chi connectivity index (χ1n) is 7.82. The number of hydrogen-bond donors (Lipinski definition) is 0. The van der Waals surface area contributed by atoms with Gasteiger partial charge in [-0.15, -0.1) is 0 Å². The van der Waals surface area contributed by atoms with Gasteiger partial charge in [0.15, 0.2) is 5.75 Å². The maximum atomic E-state index is 6.56. The zero-order valence-corrected chi connectivity index (χ0v) is 15.3. The number of anilines is 1. The molecule has 1 unspecified atom stereocenters. The van der Waals surface area contributed by atoms with E-state index in [1.807, 2.05) is 83.8 Å². The van der Waals surface area contributed by atoms with E-state index in [0.717, 1.165) is 17.0 Å². The molecule has 0 saturated carbocycles. The highest BCUT2D eigenvalue weighted by atomic mass is 35.5. The third-order valence-corrected chi connectivity index (χ3v) is 5.15. The Labute approximate surface area is 161 Å². The summed E-state index contributed by atoms with van der Waals surface area (Å²) in [7, 11) is 0. The number of rotatable bonds is 4. The molecule has 0 spiro atoms. The second-order valence-electron chi connectivity index (χ2n) is 5.79. The highest BCUT2D eigenvalue weighted by molar-refractivity contribution is 6.53. The number of para-hydroxylation sites is 3. The topological polar surface area (TPSA) is 12.2 Å². The van der Waals surface area contributed by atoms with E-state index in [4.69, 9.17) is 39.5 Å². The molecule has 1 atom stereocenters. The standard InChI is InChI=1S/C20H14Cl3NO/c21-15-12-10-14(11-13-15)19-20(22,23)24(19)17-8-4-5-9-18(17)25-16-6-2-1-3-7-16/h1-13,19H. The zero-order valence-electron chi connectivity index (χ0n) is 13.1. The smallest absolute Gasteiger partial charge is 0.216 e. The van der Waals surface area contributed by atoms with Crippen molar-refractivity contribution in [1.29, 1.82) is 0 Å². The van der Waals surface area contributed by atoms with Crippen LogP contribution in [-0.2, 0) is 0 Å². The average molecular weight is 391 g/mol. The molecule has 1 heterocycles. The van der Waals surface area contributed by atoms with Crippen LogP contribution in [0.25, 0.3) is 0 Å². The molecule has 25 heavy (non-hydrogen) atoms. The molecule has 0 radical (unpaired) electrons. The molecule has 5 heteroatoms. The van der Waals surface area contributed by atoms with Crippen LogP contribution in [0.1, 0.15) is 11.6 Å². The van der Waals surface area contributed by atoms with Gasteiger partial charge in [0.05, 0.1) is 5.69 Å². The molecule has 1 saturated heterocycles. The maximum Gasteiger partial charge on any atom is 0.216 e. The molecular formula is C20H14Cl3NO. The molecular weight excluding hydrogens is 377 g/mol. The summed E-state index contributed by atoms with van der Waals surface area (Å²) in [6.45, 7) is 0. The first-order chi connectivity index (χ1) is 12.1. The molecule has 0 aliphatic carbocycles. The lowest BCUT2D eigenvalue weighted by molar-refractivity contribution is 0.483. The van der Waals surface area contributed by atoms with Gasteiger partial charge in [-0.2, -0.15) is 0 Å². The van der Waals surface area contributed by atoms with Crippen LogP contribution in [-0.4, -0.2) is 4.46 Å². The number of halogens is 3. The minimum absolute atomic E-state index is 0.159. The third kappa shape index (κ3) is 3.18. The second-order valence-corrected chi connectivity index (χ2v) is 7.58. The Morgan fingerprint density at radius 2 is 1.44 bits per heavy atom. The molecule has 3 aromatic carbocycles. The normalized spacial score (nSPS) is 18.0. The number of benzene rings is 3. The van der Waals surface area contributed by atoms with E-state index in [2.05, 4.69) is 0 Å². The van der Waals surface area contributed by atoms with E-state index in [1.165, 1.54) is 0 Å². The first-order valence-corrected chi connectivity index (χ1v) is 8.95. The van der Waals surface area contributed by atoms with Gasteiger partial charge in [0.2, 0.25) is 4.46 Å². The minimum Gasteiger partial charge on any atom is -0.455 e. The highest BCUT2D eigenvalue weighted by Crippen LogP contribution is 2.63. The maximum absolute atomic E-state index is 6.56. The van der Waals surface area contributed by atoms with Gasteiger partial charge in [0.1, 0.15) is 11.8 Å². The van der Waals surface area contributed by atoms with E-state index in [0.29, 0.717) is 10.8 Å². The van der Waals surface area contributed by atoms with Gasteiger partial charge in [0.25, 0.3) is 0 Å². The van der Waals surface area contributed by atoms with Crippen molar-refractivity contribution in [3.05, 3.63) is 89.4 Å². The highest BCUT2D eigenvalue weighted by Gasteiger charge is 2.62. The lowest BCUT2D eigenvalue weighted by Gasteiger charge is -2.13. The molecule has 1 aliphatic rings. The lowest BCUT2D eigenvalue weighted by Crippen LogP contribution is -2.02. The van der Waals surface area contributed by atoms with Crippen LogP contribution in [0.5, 0.6) is 11.5 Å². The summed E-state index contributed by atoms with van der Waals surface area (Å²) < 4.78 is 5.00. The van der Waals surface area contributed by atoms with Crippen molar-refractivity contribution in [1.82, 2.24) is 0 Å². The summed E-state index contributed by atoms with van der Waals surface area (Å²) in [5.41, 5.74) is 1.85. The SMILES string of the molecule is Clc1ccc(C2N(c3ccccc3Oc3ccccc3)C2(Cl)Cl)cc1. The fraction of sp³-hybridized carbons (Fsp3) is 0.100. The fourth-order valence-electron chi connectivity index (χ4n) is 2.90. The van der Waals surface area contributed by atoms with Crippen LogP contribution in [0.4, 0.5) is 5.69 Å². The van der Waals surface area contributed by atoms with Crippen molar-refractivity contribution < 1.29 is 4.74 Å². The molecule has 126 valence electrons. The largest absolute Gasteiger partial charge is 0.455 e. The van der Waals surface area contributed by atoms with Crippen molar-refractivity contribution in [2.24, 2.45) is 0 Å². The summed E-state index contributed by atoms with van der Waals surface area (Å²) in [6, 6.07) is 24.7. The van der Waals surface area contributed by atoms with Crippen molar-refractivity contribution >= 4 is 40.5 Å². The van der Waals surface area contributed by atoms with E-state index in [1.54, 1.807) is 0 Å². The summed E-state index contributed by atoms with van der Waals surface area (Å²) in [5, 5.41) is 0.679. The van der Waals surface area contributed by atoms with E-state index in [9.17, 15) is 0 Å². The Hall–Kier alpha value is -1.87. The van der Waals surface area contributed by atoms with Crippen LogP contribution in [0, 0.1) is 0 Å². The Morgan fingerprint density at radius 3 is 2.16 bits per heavy atom. The molecule has 2 nitrogen and oxygen atoms in total. The number of nitrogens with zero attached hydrogens (tertiary/aromatic N) is 1. The minimum atomic E-state index is -1.02. The molecule has 0 amide bonds. The Balaban J connectivity index is 1.67. The van der Waals surface area contributed by atoms with Gasteiger partial charge in [0, 0.05) is 5.02 Å². The molecule has 4 rings (SSSR count). The molecule has 0 bridgehead atoms. The van der Waals surface area contributed by atoms with Gasteiger partial charge >= 0.3 is 0 Å². The molecule has 1 aliphatic heterocycles. The average Bonchev–Trinajstić information content (AvgIpc) is 3.19. The number of alkyl halides is 2. The zero-order chi connectivity index (χ0) is 17.4. The lowest BCUT2D eigenvalue weighted by atomic mass is 10.1. The number of ether oxygens (including phenoxy) is 1. The quantitative estimate of drug-likeness (QED) is 0.275. The van der Waals surface area contributed by atoms with Crippen LogP contribution in [0.15, 0.2) is 78.9 Å². The van der Waals surface area contributed by atoms with Crippen LogP contribution in [0.3, 0.4) is 0 Å². The van der Waals surface area contributed by atoms with Crippen LogP contribution in [0.2, 0.25) is 5.02 Å². The molecule has 0 N–H and O–H groups in total. The number of hydrogen-bond acceptors (Lipinski definition) is 2. The van der Waals surface area contributed by atoms with E-state index >= 15 is 0 Å². The fourth-order valence-corrected chi connectivity index (χ4v) is 3.75. The Morgan fingerprint density at radius 1 is 0.800 bits per heavy atom. The summed E-state index contributed by atoms with van der Waals surface area (Å²) in [5.74, 6) is 1.46. The van der Waals surface area contributed by atoms with Gasteiger partial charge < -0.3 is 9.64 Å². The Bertz CT molecular complexity index is 881. The van der Waals surface area contributed by atoms with Crippen LogP contribution >= 0.6 is 34.8 Å².